The van der Waals surface area contributed by atoms with Crippen molar-refractivity contribution in [1.82, 2.24) is 10.6 Å². The Bertz CT molecular complexity index is 766. The Kier molecular flexibility index (Phi) is 9.63. The fraction of sp³-hybridized carbons (Fsp3) is 0.300. The number of anilines is 1. The van der Waals surface area contributed by atoms with E-state index in [1.165, 1.54) is 12.5 Å². The molecule has 0 heterocycles. The van der Waals surface area contributed by atoms with Crippen LogP contribution in [-0.2, 0) is 11.3 Å². The molecule has 2 aromatic carbocycles. The topological polar surface area (TPSA) is 74.8 Å². The number of rotatable bonds is 6. The second kappa shape index (κ2) is 11.4. The third-order valence-corrected chi connectivity index (χ3v) is 3.91. The van der Waals surface area contributed by atoms with Gasteiger partial charge < -0.3 is 20.7 Å². The molecule has 0 fully saturated rings. The third-order valence-electron chi connectivity index (χ3n) is 3.91. The Morgan fingerprint density at radius 2 is 1.89 bits per heavy atom. The molecular formula is C20H27IN4O2. The number of hydrogen-bond donors (Lipinski definition) is 3. The maximum atomic E-state index is 11.3. The first-order chi connectivity index (χ1) is 12.5. The van der Waals surface area contributed by atoms with Crippen LogP contribution in [0, 0.1) is 0 Å². The van der Waals surface area contributed by atoms with Gasteiger partial charge in [0, 0.05) is 20.5 Å². The maximum absolute atomic E-state index is 11.3. The number of aliphatic imine (C=N–C) groups is 1. The van der Waals surface area contributed by atoms with E-state index < -0.39 is 0 Å². The zero-order chi connectivity index (χ0) is 18.9. The van der Waals surface area contributed by atoms with Gasteiger partial charge in [0.15, 0.2) is 5.96 Å². The van der Waals surface area contributed by atoms with Crippen LogP contribution in [0.25, 0.3) is 0 Å². The van der Waals surface area contributed by atoms with E-state index in [2.05, 4.69) is 40.0 Å². The summed E-state index contributed by atoms with van der Waals surface area (Å²) in [6, 6.07) is 16.0. The molecule has 0 saturated carbocycles. The summed E-state index contributed by atoms with van der Waals surface area (Å²) in [5.74, 6) is 1.20. The normalized spacial score (nSPS) is 11.8. The van der Waals surface area contributed by atoms with Crippen LogP contribution in [0.1, 0.15) is 31.0 Å². The molecule has 146 valence electrons. The number of methoxy groups -OCH3 is 1. The van der Waals surface area contributed by atoms with Crippen LogP contribution in [0.15, 0.2) is 53.5 Å². The highest BCUT2D eigenvalue weighted by atomic mass is 127. The first kappa shape index (κ1) is 22.8. The van der Waals surface area contributed by atoms with Crippen molar-refractivity contribution in [3.05, 3.63) is 59.7 Å². The number of carbonyl (C=O) groups is 1. The lowest BCUT2D eigenvalue weighted by Gasteiger charge is -2.18. The molecule has 0 aromatic heterocycles. The van der Waals surface area contributed by atoms with Gasteiger partial charge >= 0.3 is 0 Å². The zero-order valence-corrected chi connectivity index (χ0v) is 18.4. The fourth-order valence-electron chi connectivity index (χ4n) is 2.56. The summed E-state index contributed by atoms with van der Waals surface area (Å²) in [4.78, 5) is 15.6. The number of nitrogens with zero attached hydrogens (tertiary/aromatic N) is 1. The van der Waals surface area contributed by atoms with Crippen molar-refractivity contribution in [1.29, 1.82) is 0 Å². The van der Waals surface area contributed by atoms with Crippen LogP contribution < -0.4 is 20.7 Å². The van der Waals surface area contributed by atoms with Gasteiger partial charge in [-0.25, -0.2) is 0 Å². The number of halogens is 1. The van der Waals surface area contributed by atoms with Crippen molar-refractivity contribution < 1.29 is 9.53 Å². The third kappa shape index (κ3) is 7.09. The largest absolute Gasteiger partial charge is 0.495 e. The lowest BCUT2D eigenvalue weighted by Crippen LogP contribution is -2.38. The molecule has 0 spiro atoms. The molecule has 0 bridgehead atoms. The van der Waals surface area contributed by atoms with Crippen molar-refractivity contribution in [2.75, 3.05) is 19.5 Å². The first-order valence-electron chi connectivity index (χ1n) is 8.50. The summed E-state index contributed by atoms with van der Waals surface area (Å²) in [7, 11) is 3.32. The van der Waals surface area contributed by atoms with Gasteiger partial charge in [0.1, 0.15) is 5.75 Å². The number of carbonyl (C=O) groups excluding carboxylic acids is 1. The predicted octanol–water partition coefficient (Wildman–Crippen LogP) is 3.70. The van der Waals surface area contributed by atoms with Crippen molar-refractivity contribution in [3.63, 3.8) is 0 Å². The number of amides is 1. The van der Waals surface area contributed by atoms with Gasteiger partial charge in [0.2, 0.25) is 5.91 Å². The Balaban J connectivity index is 0.00000364. The molecule has 7 heteroatoms. The zero-order valence-electron chi connectivity index (χ0n) is 16.1. The minimum absolute atomic E-state index is 0. The molecule has 6 nitrogen and oxygen atoms in total. The second-order valence-electron chi connectivity index (χ2n) is 5.92. The number of nitrogens with one attached hydrogen (secondary N) is 3. The molecular weight excluding hydrogens is 455 g/mol. The molecule has 0 radical (unpaired) electrons. The van der Waals surface area contributed by atoms with Gasteiger partial charge in [-0.2, -0.15) is 0 Å². The molecule has 1 atom stereocenters. The van der Waals surface area contributed by atoms with Gasteiger partial charge in [-0.15, -0.1) is 24.0 Å². The summed E-state index contributed by atoms with van der Waals surface area (Å²) in [6.45, 7) is 4.13. The van der Waals surface area contributed by atoms with E-state index in [-0.39, 0.29) is 35.9 Å². The van der Waals surface area contributed by atoms with Crippen molar-refractivity contribution in [3.8, 4) is 5.75 Å². The van der Waals surface area contributed by atoms with E-state index in [1.807, 2.05) is 36.4 Å². The lowest BCUT2D eigenvalue weighted by atomic mass is 10.1. The highest BCUT2D eigenvalue weighted by Gasteiger charge is 2.09. The summed E-state index contributed by atoms with van der Waals surface area (Å²) in [5.41, 5.74) is 2.85. The SMILES string of the molecule is CN=C(NCc1ccc(OC)c(NC(C)=O)c1)NC(C)c1ccccc1.I. The van der Waals surface area contributed by atoms with Gasteiger partial charge in [-0.05, 0) is 30.2 Å². The minimum atomic E-state index is -0.137. The monoisotopic (exact) mass is 482 g/mol. The molecule has 1 unspecified atom stereocenters. The van der Waals surface area contributed by atoms with Gasteiger partial charge in [-0.3, -0.25) is 9.79 Å². The fourth-order valence-corrected chi connectivity index (χ4v) is 2.56. The van der Waals surface area contributed by atoms with Crippen molar-refractivity contribution in [2.45, 2.75) is 26.4 Å². The van der Waals surface area contributed by atoms with Gasteiger partial charge in [0.25, 0.3) is 0 Å². The lowest BCUT2D eigenvalue weighted by molar-refractivity contribution is -0.114. The summed E-state index contributed by atoms with van der Waals surface area (Å²) in [5, 5.41) is 9.44. The van der Waals surface area contributed by atoms with Crippen LogP contribution >= 0.6 is 24.0 Å². The quantitative estimate of drug-likeness (QED) is 0.334. The Morgan fingerprint density at radius 3 is 2.48 bits per heavy atom. The van der Waals surface area contributed by atoms with Crippen LogP contribution in [0.4, 0.5) is 5.69 Å². The van der Waals surface area contributed by atoms with Crippen LogP contribution in [0.5, 0.6) is 5.75 Å². The highest BCUT2D eigenvalue weighted by Crippen LogP contribution is 2.25. The van der Waals surface area contributed by atoms with E-state index in [9.17, 15) is 4.79 Å². The average Bonchev–Trinajstić information content (AvgIpc) is 2.65. The number of hydrogen-bond acceptors (Lipinski definition) is 3. The van der Waals surface area contributed by atoms with E-state index >= 15 is 0 Å². The summed E-state index contributed by atoms with van der Waals surface area (Å²) >= 11 is 0. The van der Waals surface area contributed by atoms with E-state index in [0.717, 1.165) is 5.56 Å². The Hall–Kier alpha value is -2.29. The van der Waals surface area contributed by atoms with Crippen LogP contribution in [-0.4, -0.2) is 26.0 Å². The van der Waals surface area contributed by atoms with E-state index in [1.54, 1.807) is 14.2 Å². The number of ether oxygens (including phenoxy) is 1. The standard InChI is InChI=1S/C20H26N4O2.HI/c1-14(17-8-6-5-7-9-17)23-20(21-3)22-13-16-10-11-19(26-4)18(12-16)24-15(2)25;/h5-12,14H,13H2,1-4H3,(H,24,25)(H2,21,22,23);1H. The first-order valence-corrected chi connectivity index (χ1v) is 8.50. The van der Waals surface area contributed by atoms with E-state index in [0.29, 0.717) is 23.9 Å². The molecule has 1 amide bonds. The smallest absolute Gasteiger partial charge is 0.221 e. The molecule has 2 aromatic rings. The molecule has 0 aliphatic carbocycles. The Morgan fingerprint density at radius 1 is 1.19 bits per heavy atom. The predicted molar refractivity (Wildman–Crippen MR) is 121 cm³/mol. The van der Waals surface area contributed by atoms with Crippen LogP contribution in [0.3, 0.4) is 0 Å². The van der Waals surface area contributed by atoms with Crippen molar-refractivity contribution >= 4 is 41.5 Å². The second-order valence-corrected chi connectivity index (χ2v) is 5.92. The average molecular weight is 482 g/mol. The number of guanidine groups is 1. The molecule has 0 aliphatic heterocycles. The maximum Gasteiger partial charge on any atom is 0.221 e. The van der Waals surface area contributed by atoms with Crippen LogP contribution in [0.2, 0.25) is 0 Å². The van der Waals surface area contributed by atoms with Gasteiger partial charge in [-0.1, -0.05) is 36.4 Å². The van der Waals surface area contributed by atoms with Crippen molar-refractivity contribution in [2.24, 2.45) is 4.99 Å². The van der Waals surface area contributed by atoms with Gasteiger partial charge in [0.05, 0.1) is 18.8 Å². The molecule has 3 N–H and O–H groups in total. The molecule has 0 aliphatic rings. The summed E-state index contributed by atoms with van der Waals surface area (Å²) < 4.78 is 5.28. The summed E-state index contributed by atoms with van der Waals surface area (Å²) in [6.07, 6.45) is 0. The Labute approximate surface area is 177 Å². The minimum Gasteiger partial charge on any atom is -0.495 e. The molecule has 2 rings (SSSR count). The van der Waals surface area contributed by atoms with E-state index in [4.69, 9.17) is 4.74 Å². The number of benzene rings is 2. The molecule has 0 saturated heterocycles. The highest BCUT2D eigenvalue weighted by molar-refractivity contribution is 14.0. The molecule has 27 heavy (non-hydrogen) atoms.